The topological polar surface area (TPSA) is 29.9 Å². The lowest BCUT2D eigenvalue weighted by Gasteiger charge is -2.06. The third-order valence-corrected chi connectivity index (χ3v) is 2.71. The maximum atomic E-state index is 12.7. The smallest absolute Gasteiger partial charge is 0.123 e. The third-order valence-electron chi connectivity index (χ3n) is 2.71. The van der Waals surface area contributed by atoms with Gasteiger partial charge in [-0.25, -0.2) is 4.39 Å². The second kappa shape index (κ2) is 4.99. The molecule has 4 heteroatoms. The second-order valence-corrected chi connectivity index (χ2v) is 3.96. The lowest BCUT2D eigenvalue weighted by atomic mass is 10.3. The van der Waals surface area contributed by atoms with Crippen LogP contribution < -0.4 is 5.32 Å². The van der Waals surface area contributed by atoms with E-state index < -0.39 is 0 Å². The molecule has 1 aromatic heterocycles. The summed E-state index contributed by atoms with van der Waals surface area (Å²) in [5.41, 5.74) is 3.11. The quantitative estimate of drug-likeness (QED) is 0.880. The summed E-state index contributed by atoms with van der Waals surface area (Å²) in [6, 6.07) is 8.43. The first-order valence-corrected chi connectivity index (χ1v) is 5.70. The van der Waals surface area contributed by atoms with Gasteiger partial charge in [0.15, 0.2) is 0 Å². The molecule has 90 valence electrons. The maximum Gasteiger partial charge on any atom is 0.123 e. The van der Waals surface area contributed by atoms with Gasteiger partial charge in [0.05, 0.1) is 17.9 Å². The standard InChI is InChI=1S/C13H16FN3/c1-3-11-8-13(17(2)16-11)9-15-12-6-4-10(14)5-7-12/h4-8,15H,3,9H2,1-2H3. The van der Waals surface area contributed by atoms with Gasteiger partial charge in [-0.2, -0.15) is 5.10 Å². The van der Waals surface area contributed by atoms with Crippen LogP contribution in [0.25, 0.3) is 0 Å². The molecule has 0 aliphatic carbocycles. The van der Waals surface area contributed by atoms with Crippen LogP contribution in [0.15, 0.2) is 30.3 Å². The van der Waals surface area contributed by atoms with Gasteiger partial charge in [0.25, 0.3) is 0 Å². The fourth-order valence-corrected chi connectivity index (χ4v) is 1.67. The molecular formula is C13H16FN3. The molecule has 1 aromatic carbocycles. The highest BCUT2D eigenvalue weighted by atomic mass is 19.1. The molecule has 3 nitrogen and oxygen atoms in total. The lowest BCUT2D eigenvalue weighted by Crippen LogP contribution is -2.05. The zero-order valence-electron chi connectivity index (χ0n) is 10.1. The van der Waals surface area contributed by atoms with Gasteiger partial charge in [-0.1, -0.05) is 6.92 Å². The average Bonchev–Trinajstić information content (AvgIpc) is 2.69. The fraction of sp³-hybridized carbons (Fsp3) is 0.308. The molecule has 0 fully saturated rings. The Morgan fingerprint density at radius 1 is 1.29 bits per heavy atom. The molecule has 0 saturated carbocycles. The summed E-state index contributed by atoms with van der Waals surface area (Å²) >= 11 is 0. The summed E-state index contributed by atoms with van der Waals surface area (Å²) in [7, 11) is 1.93. The van der Waals surface area contributed by atoms with Crippen molar-refractivity contribution in [2.24, 2.45) is 7.05 Å². The number of hydrogen-bond acceptors (Lipinski definition) is 2. The first-order valence-electron chi connectivity index (χ1n) is 5.70. The number of nitrogens with one attached hydrogen (secondary N) is 1. The van der Waals surface area contributed by atoms with Crippen molar-refractivity contribution >= 4 is 5.69 Å². The maximum absolute atomic E-state index is 12.7. The zero-order valence-corrected chi connectivity index (χ0v) is 10.1. The molecule has 0 aliphatic rings. The molecule has 1 heterocycles. The van der Waals surface area contributed by atoms with E-state index in [1.54, 1.807) is 12.1 Å². The van der Waals surface area contributed by atoms with Crippen LogP contribution in [0.4, 0.5) is 10.1 Å². The number of hydrogen-bond donors (Lipinski definition) is 1. The highest BCUT2D eigenvalue weighted by Gasteiger charge is 2.03. The SMILES string of the molecule is CCc1cc(CNc2ccc(F)cc2)n(C)n1. The van der Waals surface area contributed by atoms with E-state index in [1.807, 2.05) is 11.7 Å². The van der Waals surface area contributed by atoms with Crippen molar-refractivity contribution in [2.75, 3.05) is 5.32 Å². The number of nitrogens with zero attached hydrogens (tertiary/aromatic N) is 2. The van der Waals surface area contributed by atoms with Crippen molar-refractivity contribution in [1.82, 2.24) is 9.78 Å². The Hall–Kier alpha value is -1.84. The van der Waals surface area contributed by atoms with Crippen molar-refractivity contribution in [3.8, 4) is 0 Å². The first-order chi connectivity index (χ1) is 8.19. The van der Waals surface area contributed by atoms with E-state index in [0.29, 0.717) is 6.54 Å². The Morgan fingerprint density at radius 2 is 2.00 bits per heavy atom. The van der Waals surface area contributed by atoms with Gasteiger partial charge >= 0.3 is 0 Å². The highest BCUT2D eigenvalue weighted by Crippen LogP contribution is 2.11. The first kappa shape index (κ1) is 11.6. The Labute approximate surface area is 100 Å². The number of anilines is 1. The summed E-state index contributed by atoms with van der Waals surface area (Å²) in [6.07, 6.45) is 0.935. The van der Waals surface area contributed by atoms with Crippen molar-refractivity contribution < 1.29 is 4.39 Å². The minimum absolute atomic E-state index is 0.218. The minimum Gasteiger partial charge on any atom is -0.379 e. The molecule has 0 unspecified atom stereocenters. The zero-order chi connectivity index (χ0) is 12.3. The van der Waals surface area contributed by atoms with Gasteiger partial charge < -0.3 is 5.32 Å². The van der Waals surface area contributed by atoms with E-state index in [1.165, 1.54) is 12.1 Å². The number of aromatic nitrogens is 2. The molecule has 0 spiro atoms. The molecule has 2 aromatic rings. The Balaban J connectivity index is 2.01. The molecule has 0 atom stereocenters. The molecule has 2 rings (SSSR count). The molecule has 0 saturated heterocycles. The van der Waals surface area contributed by atoms with Crippen LogP contribution in [0, 0.1) is 5.82 Å². The number of benzene rings is 1. The second-order valence-electron chi connectivity index (χ2n) is 3.96. The summed E-state index contributed by atoms with van der Waals surface area (Å²) in [5.74, 6) is -0.218. The van der Waals surface area contributed by atoms with Crippen LogP contribution in [0.2, 0.25) is 0 Å². The van der Waals surface area contributed by atoms with Gasteiger partial charge in [-0.05, 0) is 36.8 Å². The Bertz CT molecular complexity index is 488. The Morgan fingerprint density at radius 3 is 2.59 bits per heavy atom. The molecule has 0 aliphatic heterocycles. The Kier molecular flexibility index (Phi) is 3.42. The fourth-order valence-electron chi connectivity index (χ4n) is 1.67. The van der Waals surface area contributed by atoms with E-state index in [9.17, 15) is 4.39 Å². The summed E-state index contributed by atoms with van der Waals surface area (Å²) < 4.78 is 14.6. The van der Waals surface area contributed by atoms with Crippen molar-refractivity contribution in [2.45, 2.75) is 19.9 Å². The van der Waals surface area contributed by atoms with Crippen LogP contribution in [0.1, 0.15) is 18.3 Å². The van der Waals surface area contributed by atoms with E-state index in [2.05, 4.69) is 23.4 Å². The molecular weight excluding hydrogens is 217 g/mol. The van der Waals surface area contributed by atoms with Crippen LogP contribution >= 0.6 is 0 Å². The summed E-state index contributed by atoms with van der Waals surface area (Å²) in [6.45, 7) is 2.77. The monoisotopic (exact) mass is 233 g/mol. The van der Waals surface area contributed by atoms with Crippen molar-refractivity contribution in [3.63, 3.8) is 0 Å². The van der Waals surface area contributed by atoms with E-state index in [-0.39, 0.29) is 5.82 Å². The van der Waals surface area contributed by atoms with Gasteiger partial charge in [0, 0.05) is 12.7 Å². The van der Waals surface area contributed by atoms with Crippen molar-refractivity contribution in [3.05, 3.63) is 47.5 Å². The summed E-state index contributed by atoms with van der Waals surface area (Å²) in [5, 5.41) is 7.61. The van der Waals surface area contributed by atoms with Gasteiger partial charge in [-0.3, -0.25) is 4.68 Å². The van der Waals surface area contributed by atoms with Crippen LogP contribution in [-0.4, -0.2) is 9.78 Å². The van der Waals surface area contributed by atoms with E-state index in [0.717, 1.165) is 23.5 Å². The molecule has 17 heavy (non-hydrogen) atoms. The third kappa shape index (κ3) is 2.84. The largest absolute Gasteiger partial charge is 0.379 e. The van der Waals surface area contributed by atoms with E-state index >= 15 is 0 Å². The predicted octanol–water partition coefficient (Wildman–Crippen LogP) is 2.73. The highest BCUT2D eigenvalue weighted by molar-refractivity contribution is 5.43. The predicted molar refractivity (Wildman–Crippen MR) is 66.3 cm³/mol. The number of aryl methyl sites for hydroxylation is 2. The van der Waals surface area contributed by atoms with Crippen molar-refractivity contribution in [1.29, 1.82) is 0 Å². The average molecular weight is 233 g/mol. The molecule has 0 radical (unpaired) electrons. The minimum atomic E-state index is -0.218. The number of rotatable bonds is 4. The molecule has 1 N–H and O–H groups in total. The number of halogens is 1. The molecule has 0 bridgehead atoms. The van der Waals surface area contributed by atoms with Gasteiger partial charge in [-0.15, -0.1) is 0 Å². The van der Waals surface area contributed by atoms with Crippen LogP contribution in [0.5, 0.6) is 0 Å². The van der Waals surface area contributed by atoms with Crippen LogP contribution in [0.3, 0.4) is 0 Å². The van der Waals surface area contributed by atoms with Gasteiger partial charge in [0.2, 0.25) is 0 Å². The van der Waals surface area contributed by atoms with Crippen LogP contribution in [-0.2, 0) is 20.0 Å². The van der Waals surface area contributed by atoms with Gasteiger partial charge in [0.1, 0.15) is 5.82 Å². The van der Waals surface area contributed by atoms with E-state index in [4.69, 9.17) is 0 Å². The molecule has 0 amide bonds. The lowest BCUT2D eigenvalue weighted by molar-refractivity contribution is 0.628. The summed E-state index contributed by atoms with van der Waals surface area (Å²) in [4.78, 5) is 0. The normalized spacial score (nSPS) is 10.5.